The maximum atomic E-state index is 13.8. The summed E-state index contributed by atoms with van der Waals surface area (Å²) in [6.45, 7) is 3.78. The van der Waals surface area contributed by atoms with Crippen LogP contribution in [0.5, 0.6) is 0 Å². The van der Waals surface area contributed by atoms with Crippen LogP contribution >= 0.6 is 0 Å². The predicted molar refractivity (Wildman–Crippen MR) is 87.6 cm³/mol. The summed E-state index contributed by atoms with van der Waals surface area (Å²) in [5.74, 6) is -0.400. The zero-order chi connectivity index (χ0) is 17.1. The van der Waals surface area contributed by atoms with Gasteiger partial charge in [-0.3, -0.25) is 4.79 Å². The number of rotatable bonds is 4. The molecule has 0 bridgehead atoms. The molecule has 0 saturated heterocycles. The van der Waals surface area contributed by atoms with Crippen LogP contribution in [0.4, 0.5) is 10.2 Å². The third kappa shape index (κ3) is 3.15. The summed E-state index contributed by atoms with van der Waals surface area (Å²) in [5, 5.41) is 6.97. The fourth-order valence-electron chi connectivity index (χ4n) is 2.25. The lowest BCUT2D eigenvalue weighted by molar-refractivity contribution is 0.102. The highest BCUT2D eigenvalue weighted by Crippen LogP contribution is 2.16. The van der Waals surface area contributed by atoms with Crippen LogP contribution in [-0.2, 0) is 6.42 Å². The van der Waals surface area contributed by atoms with E-state index in [0.717, 1.165) is 12.1 Å². The molecule has 24 heavy (non-hydrogen) atoms. The van der Waals surface area contributed by atoms with Crippen molar-refractivity contribution < 1.29 is 9.18 Å². The van der Waals surface area contributed by atoms with Crippen molar-refractivity contribution in [3.63, 3.8) is 0 Å². The Balaban J connectivity index is 1.95. The largest absolute Gasteiger partial charge is 0.306 e. The van der Waals surface area contributed by atoms with Gasteiger partial charge in [0.1, 0.15) is 11.6 Å². The van der Waals surface area contributed by atoms with E-state index in [1.807, 2.05) is 13.0 Å². The molecule has 7 heteroatoms. The van der Waals surface area contributed by atoms with Gasteiger partial charge in [0.05, 0.1) is 11.3 Å². The number of benzene rings is 1. The Morgan fingerprint density at radius 3 is 2.83 bits per heavy atom. The first-order chi connectivity index (χ1) is 11.6. The van der Waals surface area contributed by atoms with Crippen LogP contribution in [0.1, 0.15) is 28.7 Å². The van der Waals surface area contributed by atoms with Crippen molar-refractivity contribution in [2.24, 2.45) is 0 Å². The number of carbonyl (C=O) groups excluding carboxylic acids is 1. The first kappa shape index (κ1) is 15.8. The molecule has 6 nitrogen and oxygen atoms in total. The molecular formula is C17H16FN5O. The maximum Gasteiger partial charge on any atom is 0.259 e. The second-order valence-electron chi connectivity index (χ2n) is 5.22. The third-order valence-corrected chi connectivity index (χ3v) is 3.44. The summed E-state index contributed by atoms with van der Waals surface area (Å²) in [7, 11) is 0. The lowest BCUT2D eigenvalue weighted by Crippen LogP contribution is -2.17. The number of aryl methyl sites for hydroxylation is 2. The minimum atomic E-state index is -0.581. The van der Waals surface area contributed by atoms with E-state index in [-0.39, 0.29) is 5.56 Å². The van der Waals surface area contributed by atoms with Crippen molar-refractivity contribution in [2.75, 3.05) is 5.32 Å². The van der Waals surface area contributed by atoms with E-state index in [4.69, 9.17) is 0 Å². The Hall–Kier alpha value is -3.09. The summed E-state index contributed by atoms with van der Waals surface area (Å²) in [6, 6.07) is 9.30. The van der Waals surface area contributed by atoms with Crippen molar-refractivity contribution in [1.82, 2.24) is 19.7 Å². The summed E-state index contributed by atoms with van der Waals surface area (Å²) in [4.78, 5) is 20.9. The molecule has 1 aromatic carbocycles. The van der Waals surface area contributed by atoms with Gasteiger partial charge in [0.15, 0.2) is 0 Å². The number of nitrogens with zero attached hydrogens (tertiary/aromatic N) is 4. The average Bonchev–Trinajstić information content (AvgIpc) is 2.95. The average molecular weight is 325 g/mol. The van der Waals surface area contributed by atoms with Crippen LogP contribution in [0, 0.1) is 12.7 Å². The highest BCUT2D eigenvalue weighted by Gasteiger charge is 2.16. The number of amides is 1. The minimum Gasteiger partial charge on any atom is -0.306 e. The van der Waals surface area contributed by atoms with E-state index in [2.05, 4.69) is 20.4 Å². The van der Waals surface area contributed by atoms with Crippen LogP contribution in [0.3, 0.4) is 0 Å². The molecule has 0 saturated carbocycles. The molecule has 2 aromatic heterocycles. The molecule has 0 aliphatic rings. The lowest BCUT2D eigenvalue weighted by Gasteiger charge is -2.08. The summed E-state index contributed by atoms with van der Waals surface area (Å²) < 4.78 is 15.2. The van der Waals surface area contributed by atoms with Crippen molar-refractivity contribution >= 4 is 11.7 Å². The van der Waals surface area contributed by atoms with Gasteiger partial charge in [-0.15, -0.1) is 0 Å². The molecule has 122 valence electrons. The van der Waals surface area contributed by atoms with E-state index < -0.39 is 11.7 Å². The monoisotopic (exact) mass is 325 g/mol. The van der Waals surface area contributed by atoms with Crippen LogP contribution in [0.25, 0.3) is 5.95 Å². The van der Waals surface area contributed by atoms with Gasteiger partial charge in [-0.25, -0.2) is 14.4 Å². The SMILES string of the molecule is CCc1ccnc(-n2nc(C)cc2NC(=O)c2ccccc2F)n1. The van der Waals surface area contributed by atoms with Crippen LogP contribution < -0.4 is 5.32 Å². The Labute approximate surface area is 138 Å². The summed E-state index contributed by atoms with van der Waals surface area (Å²) in [5.41, 5.74) is 1.51. The number of aromatic nitrogens is 4. The van der Waals surface area contributed by atoms with Gasteiger partial charge in [-0.1, -0.05) is 19.1 Å². The zero-order valence-corrected chi connectivity index (χ0v) is 13.3. The molecule has 0 aliphatic heterocycles. The molecule has 0 fully saturated rings. The van der Waals surface area contributed by atoms with Gasteiger partial charge in [0, 0.05) is 18.0 Å². The van der Waals surface area contributed by atoms with Crippen LogP contribution in [-0.4, -0.2) is 25.7 Å². The Kier molecular flexibility index (Phi) is 4.33. The molecule has 0 radical (unpaired) electrons. The van der Waals surface area contributed by atoms with Crippen molar-refractivity contribution in [2.45, 2.75) is 20.3 Å². The van der Waals surface area contributed by atoms with Crippen molar-refractivity contribution in [3.05, 3.63) is 65.4 Å². The first-order valence-electron chi connectivity index (χ1n) is 7.53. The maximum absolute atomic E-state index is 13.8. The fourth-order valence-corrected chi connectivity index (χ4v) is 2.25. The normalized spacial score (nSPS) is 10.6. The number of nitrogens with one attached hydrogen (secondary N) is 1. The standard InChI is InChI=1S/C17H16FN5O/c1-3-12-8-9-19-17(20-12)23-15(10-11(2)22-23)21-16(24)13-6-4-5-7-14(13)18/h4-10H,3H2,1-2H3,(H,21,24). The molecule has 0 aliphatic carbocycles. The van der Waals surface area contributed by atoms with Gasteiger partial charge >= 0.3 is 0 Å². The smallest absolute Gasteiger partial charge is 0.259 e. The highest BCUT2D eigenvalue weighted by molar-refractivity contribution is 6.04. The zero-order valence-electron chi connectivity index (χ0n) is 13.3. The minimum absolute atomic E-state index is 0.0360. The predicted octanol–water partition coefficient (Wildman–Crippen LogP) is 2.92. The van der Waals surface area contributed by atoms with E-state index in [0.29, 0.717) is 17.5 Å². The number of hydrogen-bond donors (Lipinski definition) is 1. The first-order valence-corrected chi connectivity index (χ1v) is 7.53. The molecule has 0 spiro atoms. The number of hydrogen-bond acceptors (Lipinski definition) is 4. The quantitative estimate of drug-likeness (QED) is 0.800. The van der Waals surface area contributed by atoms with Gasteiger partial charge in [-0.05, 0) is 31.5 Å². The fraction of sp³-hybridized carbons (Fsp3) is 0.176. The topological polar surface area (TPSA) is 72.7 Å². The molecule has 1 N–H and O–H groups in total. The Bertz CT molecular complexity index is 890. The molecule has 0 unspecified atom stereocenters. The van der Waals surface area contributed by atoms with Crippen molar-refractivity contribution in [3.8, 4) is 5.95 Å². The molecule has 2 heterocycles. The molecule has 3 aromatic rings. The van der Waals surface area contributed by atoms with Crippen LogP contribution in [0.15, 0.2) is 42.6 Å². The molecule has 1 amide bonds. The lowest BCUT2D eigenvalue weighted by atomic mass is 10.2. The third-order valence-electron chi connectivity index (χ3n) is 3.44. The van der Waals surface area contributed by atoms with E-state index in [1.54, 1.807) is 25.3 Å². The summed E-state index contributed by atoms with van der Waals surface area (Å²) in [6.07, 6.45) is 2.40. The Morgan fingerprint density at radius 2 is 2.08 bits per heavy atom. The number of halogens is 1. The second-order valence-corrected chi connectivity index (χ2v) is 5.22. The Morgan fingerprint density at radius 1 is 1.29 bits per heavy atom. The second kappa shape index (κ2) is 6.57. The van der Waals surface area contributed by atoms with Gasteiger partial charge in [0.25, 0.3) is 11.9 Å². The van der Waals surface area contributed by atoms with E-state index >= 15 is 0 Å². The number of carbonyl (C=O) groups is 1. The summed E-state index contributed by atoms with van der Waals surface area (Å²) >= 11 is 0. The van der Waals surface area contributed by atoms with Gasteiger partial charge < -0.3 is 5.32 Å². The van der Waals surface area contributed by atoms with E-state index in [1.165, 1.54) is 22.9 Å². The number of anilines is 1. The molecule has 3 rings (SSSR count). The van der Waals surface area contributed by atoms with Crippen LogP contribution in [0.2, 0.25) is 0 Å². The van der Waals surface area contributed by atoms with Gasteiger partial charge in [0.2, 0.25) is 0 Å². The molecular weight excluding hydrogens is 309 g/mol. The van der Waals surface area contributed by atoms with Gasteiger partial charge in [-0.2, -0.15) is 9.78 Å². The van der Waals surface area contributed by atoms with Crippen molar-refractivity contribution in [1.29, 1.82) is 0 Å². The van der Waals surface area contributed by atoms with E-state index in [9.17, 15) is 9.18 Å². The molecule has 0 atom stereocenters. The highest BCUT2D eigenvalue weighted by atomic mass is 19.1.